The number of nitrogens with zero attached hydrogens (tertiary/aromatic N) is 2. The van der Waals surface area contributed by atoms with Gasteiger partial charge in [0.15, 0.2) is 0 Å². The highest BCUT2D eigenvalue weighted by atomic mass is 16.5. The summed E-state index contributed by atoms with van der Waals surface area (Å²) in [5, 5.41) is 13.3. The van der Waals surface area contributed by atoms with Crippen LogP contribution in [0.2, 0.25) is 0 Å². The van der Waals surface area contributed by atoms with Gasteiger partial charge in [0.25, 0.3) is 0 Å². The maximum absolute atomic E-state index is 12.5. The molecule has 1 aromatic carbocycles. The Kier molecular flexibility index (Phi) is 5.04. The fourth-order valence-corrected chi connectivity index (χ4v) is 2.80. The third-order valence-electron chi connectivity index (χ3n) is 4.08. The van der Waals surface area contributed by atoms with E-state index < -0.39 is 5.54 Å². The van der Waals surface area contributed by atoms with Crippen LogP contribution in [0.5, 0.6) is 5.88 Å². The van der Waals surface area contributed by atoms with Gasteiger partial charge in [0.05, 0.1) is 30.2 Å². The number of carbonyl (C=O) groups excluding carboxylic acids is 1. The third kappa shape index (κ3) is 3.60. The van der Waals surface area contributed by atoms with E-state index in [-0.39, 0.29) is 6.03 Å². The number of rotatable bonds is 6. The van der Waals surface area contributed by atoms with Crippen LogP contribution in [-0.4, -0.2) is 42.0 Å². The summed E-state index contributed by atoms with van der Waals surface area (Å²) in [6.07, 6.45) is 1.60. The first-order chi connectivity index (χ1) is 12.6. The van der Waals surface area contributed by atoms with E-state index in [4.69, 9.17) is 9.47 Å². The van der Waals surface area contributed by atoms with Crippen molar-refractivity contribution < 1.29 is 14.3 Å². The molecule has 3 rings (SSSR count). The number of benzene rings is 1. The Labute approximate surface area is 150 Å². The van der Waals surface area contributed by atoms with Crippen molar-refractivity contribution in [2.75, 3.05) is 26.1 Å². The Morgan fingerprint density at radius 3 is 2.73 bits per heavy atom. The zero-order valence-corrected chi connectivity index (χ0v) is 14.9. The summed E-state index contributed by atoms with van der Waals surface area (Å²) < 4.78 is 10.4. The molecule has 1 unspecified atom stereocenters. The van der Waals surface area contributed by atoms with Gasteiger partial charge < -0.3 is 14.8 Å². The highest BCUT2D eigenvalue weighted by molar-refractivity contribution is 5.92. The molecule has 0 spiro atoms. The molecule has 8 heteroatoms. The SMILES string of the molecule is COCC(C)(NC(=O)Nc1cc2[nH]nc(OC)c2cn1)c1ccccc1. The molecule has 0 aliphatic rings. The lowest BCUT2D eigenvalue weighted by Crippen LogP contribution is -2.48. The monoisotopic (exact) mass is 355 g/mol. The van der Waals surface area contributed by atoms with Crippen LogP contribution < -0.4 is 15.4 Å². The molecule has 0 bridgehead atoms. The highest BCUT2D eigenvalue weighted by Gasteiger charge is 2.28. The van der Waals surface area contributed by atoms with Gasteiger partial charge in [-0.1, -0.05) is 30.3 Å². The molecule has 0 radical (unpaired) electrons. The van der Waals surface area contributed by atoms with E-state index in [1.165, 1.54) is 7.11 Å². The van der Waals surface area contributed by atoms with Crippen molar-refractivity contribution in [2.24, 2.45) is 0 Å². The predicted octanol–water partition coefficient (Wildman–Crippen LogP) is 2.65. The first-order valence-electron chi connectivity index (χ1n) is 8.07. The standard InChI is InChI=1S/C18H21N5O3/c1-18(11-25-2,12-7-5-4-6-8-12)21-17(24)20-15-9-14-13(10-19-15)16(26-3)23-22-14/h4-10H,11H2,1-3H3,(H,22,23)(H2,19,20,21,24). The van der Waals surface area contributed by atoms with E-state index in [2.05, 4.69) is 25.8 Å². The van der Waals surface area contributed by atoms with Gasteiger partial charge in [-0.3, -0.25) is 10.4 Å². The van der Waals surface area contributed by atoms with Gasteiger partial charge in [0.2, 0.25) is 5.88 Å². The van der Waals surface area contributed by atoms with Crippen molar-refractivity contribution in [2.45, 2.75) is 12.5 Å². The zero-order chi connectivity index (χ0) is 18.6. The summed E-state index contributed by atoms with van der Waals surface area (Å²) >= 11 is 0. The number of hydrogen-bond acceptors (Lipinski definition) is 5. The number of aromatic amines is 1. The Hall–Kier alpha value is -3.13. The smallest absolute Gasteiger partial charge is 0.321 e. The number of methoxy groups -OCH3 is 2. The van der Waals surface area contributed by atoms with Crippen molar-refractivity contribution in [1.82, 2.24) is 20.5 Å². The van der Waals surface area contributed by atoms with Crippen molar-refractivity contribution in [3.63, 3.8) is 0 Å². The summed E-state index contributed by atoms with van der Waals surface area (Å²) in [5.74, 6) is 0.856. The number of pyridine rings is 1. The molecule has 3 N–H and O–H groups in total. The molecule has 0 saturated carbocycles. The van der Waals surface area contributed by atoms with Crippen molar-refractivity contribution in [3.8, 4) is 5.88 Å². The number of aromatic nitrogens is 3. The summed E-state index contributed by atoms with van der Waals surface area (Å²) in [7, 11) is 3.14. The number of anilines is 1. The quantitative estimate of drug-likeness (QED) is 0.631. The molecule has 2 aromatic heterocycles. The summed E-state index contributed by atoms with van der Waals surface area (Å²) in [6.45, 7) is 2.23. The Balaban J connectivity index is 1.76. The number of urea groups is 1. The molecule has 3 aromatic rings. The summed E-state index contributed by atoms with van der Waals surface area (Å²) in [5.41, 5.74) is 0.982. The van der Waals surface area contributed by atoms with Crippen LogP contribution in [-0.2, 0) is 10.3 Å². The van der Waals surface area contributed by atoms with Gasteiger partial charge in [-0.2, -0.15) is 0 Å². The van der Waals surface area contributed by atoms with E-state index in [9.17, 15) is 4.79 Å². The van der Waals surface area contributed by atoms with Gasteiger partial charge in [-0.25, -0.2) is 9.78 Å². The minimum atomic E-state index is -0.679. The van der Waals surface area contributed by atoms with Crippen LogP contribution >= 0.6 is 0 Å². The minimum absolute atomic E-state index is 0.328. The van der Waals surface area contributed by atoms with Crippen LogP contribution in [0.15, 0.2) is 42.6 Å². The van der Waals surface area contributed by atoms with Crippen LogP contribution in [0.3, 0.4) is 0 Å². The Bertz CT molecular complexity index is 896. The molecule has 0 aliphatic carbocycles. The predicted molar refractivity (Wildman–Crippen MR) is 98.3 cm³/mol. The molecular formula is C18H21N5O3. The normalized spacial score (nSPS) is 13.2. The minimum Gasteiger partial charge on any atom is -0.479 e. The van der Waals surface area contributed by atoms with Crippen LogP contribution in [0, 0.1) is 0 Å². The fourth-order valence-electron chi connectivity index (χ4n) is 2.80. The number of nitrogens with one attached hydrogen (secondary N) is 3. The van der Waals surface area contributed by atoms with Gasteiger partial charge in [0, 0.05) is 19.4 Å². The molecule has 0 saturated heterocycles. The van der Waals surface area contributed by atoms with Crippen molar-refractivity contribution in [1.29, 1.82) is 0 Å². The van der Waals surface area contributed by atoms with Crippen molar-refractivity contribution >= 4 is 22.8 Å². The van der Waals surface area contributed by atoms with Gasteiger partial charge in [0.1, 0.15) is 5.82 Å². The van der Waals surface area contributed by atoms with Crippen LogP contribution in [0.1, 0.15) is 12.5 Å². The average molecular weight is 355 g/mol. The topological polar surface area (TPSA) is 101 Å². The van der Waals surface area contributed by atoms with E-state index in [0.29, 0.717) is 18.3 Å². The van der Waals surface area contributed by atoms with Crippen LogP contribution in [0.4, 0.5) is 10.6 Å². The third-order valence-corrected chi connectivity index (χ3v) is 4.08. The first-order valence-corrected chi connectivity index (χ1v) is 8.07. The van der Waals surface area contributed by atoms with Gasteiger partial charge >= 0.3 is 6.03 Å². The molecule has 1 atom stereocenters. The first kappa shape index (κ1) is 17.7. The number of H-pyrrole nitrogens is 1. The molecule has 136 valence electrons. The fraction of sp³-hybridized carbons (Fsp3) is 0.278. The second-order valence-corrected chi connectivity index (χ2v) is 6.06. The van der Waals surface area contributed by atoms with E-state index in [1.807, 2.05) is 37.3 Å². The Morgan fingerprint density at radius 2 is 2.04 bits per heavy atom. The maximum Gasteiger partial charge on any atom is 0.321 e. The number of carbonyl (C=O) groups is 1. The maximum atomic E-state index is 12.5. The Morgan fingerprint density at radius 1 is 1.27 bits per heavy atom. The van der Waals surface area contributed by atoms with E-state index in [0.717, 1.165) is 16.5 Å². The summed E-state index contributed by atoms with van der Waals surface area (Å²) in [6, 6.07) is 11.0. The number of fused-ring (bicyclic) bond motifs is 1. The molecule has 26 heavy (non-hydrogen) atoms. The highest BCUT2D eigenvalue weighted by Crippen LogP contribution is 2.24. The number of ether oxygens (including phenoxy) is 2. The number of amides is 2. The average Bonchev–Trinajstić information content (AvgIpc) is 3.04. The number of hydrogen-bond donors (Lipinski definition) is 3. The lowest BCUT2D eigenvalue weighted by Gasteiger charge is -2.30. The molecular weight excluding hydrogens is 334 g/mol. The molecule has 8 nitrogen and oxygen atoms in total. The molecule has 2 amide bonds. The lowest BCUT2D eigenvalue weighted by atomic mass is 9.93. The summed E-state index contributed by atoms with van der Waals surface area (Å²) in [4.78, 5) is 16.7. The second-order valence-electron chi connectivity index (χ2n) is 6.06. The second kappa shape index (κ2) is 7.40. The van der Waals surface area contributed by atoms with E-state index in [1.54, 1.807) is 19.4 Å². The van der Waals surface area contributed by atoms with E-state index >= 15 is 0 Å². The van der Waals surface area contributed by atoms with Crippen molar-refractivity contribution in [3.05, 3.63) is 48.2 Å². The molecule has 0 aliphatic heterocycles. The van der Waals surface area contributed by atoms with Gasteiger partial charge in [-0.05, 0) is 12.5 Å². The molecule has 2 heterocycles. The van der Waals surface area contributed by atoms with Gasteiger partial charge in [-0.15, -0.1) is 5.10 Å². The van der Waals surface area contributed by atoms with Crippen LogP contribution in [0.25, 0.3) is 10.9 Å². The zero-order valence-electron chi connectivity index (χ0n) is 14.9. The lowest BCUT2D eigenvalue weighted by molar-refractivity contribution is 0.123. The largest absolute Gasteiger partial charge is 0.479 e. The molecule has 0 fully saturated rings.